The zero-order chi connectivity index (χ0) is 43.0. The standard InChI is InChI=1S/C63H47N/c1-63(2)61-42-55(51-27-25-48(26-28-51)45-15-8-4-9-16-45)33-39-59(61)60-40-38-58(43-62(60)63)64(56-34-29-50(30-35-56)49-23-21-47(22-24-49)44-13-6-3-7-14-44)57-36-31-52(32-37-57)54-20-12-19-53(41-54)46-17-10-5-11-18-46/h3-43H,1-2H3. The van der Waals surface area contributed by atoms with Crippen LogP contribution in [0.4, 0.5) is 17.1 Å². The van der Waals surface area contributed by atoms with Gasteiger partial charge in [0.15, 0.2) is 0 Å². The van der Waals surface area contributed by atoms with Crippen LogP contribution in [0, 0.1) is 0 Å². The van der Waals surface area contributed by atoms with Gasteiger partial charge in [0.05, 0.1) is 0 Å². The predicted octanol–water partition coefficient (Wildman–Crippen LogP) is 17.5. The van der Waals surface area contributed by atoms with Gasteiger partial charge in [0, 0.05) is 22.5 Å². The minimum atomic E-state index is -0.199. The molecule has 0 N–H and O–H groups in total. The molecule has 0 aliphatic heterocycles. The summed E-state index contributed by atoms with van der Waals surface area (Å²) in [5.41, 5.74) is 23.1. The molecule has 0 radical (unpaired) electrons. The van der Waals surface area contributed by atoms with Crippen molar-refractivity contribution in [3.63, 3.8) is 0 Å². The van der Waals surface area contributed by atoms with Crippen molar-refractivity contribution in [2.75, 3.05) is 4.90 Å². The number of hydrogen-bond donors (Lipinski definition) is 0. The second-order valence-corrected chi connectivity index (χ2v) is 17.4. The predicted molar refractivity (Wildman–Crippen MR) is 271 cm³/mol. The van der Waals surface area contributed by atoms with E-state index in [0.29, 0.717) is 0 Å². The molecule has 0 unspecified atom stereocenters. The van der Waals surface area contributed by atoms with Crippen LogP contribution in [0.15, 0.2) is 249 Å². The molecule has 0 heterocycles. The van der Waals surface area contributed by atoms with E-state index in [0.717, 1.165) is 17.1 Å². The van der Waals surface area contributed by atoms with Crippen molar-refractivity contribution in [1.82, 2.24) is 0 Å². The second kappa shape index (κ2) is 16.4. The van der Waals surface area contributed by atoms with Crippen molar-refractivity contribution in [3.8, 4) is 77.9 Å². The van der Waals surface area contributed by atoms with E-state index in [2.05, 4.69) is 267 Å². The smallest absolute Gasteiger partial charge is 0.0465 e. The van der Waals surface area contributed by atoms with Gasteiger partial charge in [-0.25, -0.2) is 0 Å². The molecule has 304 valence electrons. The molecule has 1 aliphatic rings. The Morgan fingerprint density at radius 3 is 0.953 bits per heavy atom. The summed E-state index contributed by atoms with van der Waals surface area (Å²) in [5.74, 6) is 0. The highest BCUT2D eigenvalue weighted by molar-refractivity contribution is 5.88. The Kier molecular flexibility index (Phi) is 9.94. The summed E-state index contributed by atoms with van der Waals surface area (Å²) >= 11 is 0. The van der Waals surface area contributed by atoms with E-state index in [1.54, 1.807) is 0 Å². The lowest BCUT2D eigenvalue weighted by molar-refractivity contribution is 0.660. The third-order valence-corrected chi connectivity index (χ3v) is 13.1. The van der Waals surface area contributed by atoms with Gasteiger partial charge in [0.1, 0.15) is 0 Å². The maximum atomic E-state index is 2.43. The molecule has 1 heteroatoms. The quantitative estimate of drug-likeness (QED) is 0.140. The Bertz CT molecular complexity index is 3220. The maximum Gasteiger partial charge on any atom is 0.0465 e. The minimum Gasteiger partial charge on any atom is -0.310 e. The Morgan fingerprint density at radius 2 is 0.516 bits per heavy atom. The SMILES string of the molecule is CC1(C)c2cc(-c3ccc(-c4ccccc4)cc3)ccc2-c2ccc(N(c3ccc(-c4ccc(-c5ccccc5)cc4)cc3)c3ccc(-c4cccc(-c5ccccc5)c4)cc3)cc21. The Balaban J connectivity index is 0.943. The lowest BCUT2D eigenvalue weighted by atomic mass is 9.81. The summed E-state index contributed by atoms with van der Waals surface area (Å²) in [4.78, 5) is 2.41. The lowest BCUT2D eigenvalue weighted by Gasteiger charge is -2.28. The molecular formula is C63H47N. The van der Waals surface area contributed by atoms with Crippen LogP contribution in [0.1, 0.15) is 25.0 Å². The molecule has 64 heavy (non-hydrogen) atoms. The highest BCUT2D eigenvalue weighted by atomic mass is 15.1. The van der Waals surface area contributed by atoms with Gasteiger partial charge < -0.3 is 4.90 Å². The zero-order valence-electron chi connectivity index (χ0n) is 36.1. The van der Waals surface area contributed by atoms with Crippen molar-refractivity contribution >= 4 is 17.1 Å². The summed E-state index contributed by atoms with van der Waals surface area (Å²) in [7, 11) is 0. The van der Waals surface area contributed by atoms with Gasteiger partial charge in [-0.2, -0.15) is 0 Å². The van der Waals surface area contributed by atoms with Crippen LogP contribution in [0.5, 0.6) is 0 Å². The van der Waals surface area contributed by atoms with E-state index in [-0.39, 0.29) is 5.41 Å². The van der Waals surface area contributed by atoms with Crippen molar-refractivity contribution in [3.05, 3.63) is 260 Å². The molecule has 0 spiro atoms. The van der Waals surface area contributed by atoms with Gasteiger partial charge in [-0.15, -0.1) is 0 Å². The average Bonchev–Trinajstić information content (AvgIpc) is 3.60. The third kappa shape index (κ3) is 7.32. The molecule has 0 saturated carbocycles. The monoisotopic (exact) mass is 817 g/mol. The van der Waals surface area contributed by atoms with Gasteiger partial charge in [-0.05, 0) is 138 Å². The van der Waals surface area contributed by atoms with Crippen molar-refractivity contribution in [2.24, 2.45) is 0 Å². The molecular weight excluding hydrogens is 771 g/mol. The fraction of sp³-hybridized carbons (Fsp3) is 0.0476. The first-order valence-electron chi connectivity index (χ1n) is 22.2. The minimum absolute atomic E-state index is 0.199. The van der Waals surface area contributed by atoms with Gasteiger partial charge in [-0.1, -0.05) is 214 Å². The summed E-state index contributed by atoms with van der Waals surface area (Å²) < 4.78 is 0. The molecule has 1 nitrogen and oxygen atoms in total. The van der Waals surface area contributed by atoms with E-state index >= 15 is 0 Å². The Morgan fingerprint density at radius 1 is 0.234 bits per heavy atom. The molecule has 10 aromatic carbocycles. The molecule has 10 aromatic rings. The van der Waals surface area contributed by atoms with E-state index in [1.807, 2.05) is 0 Å². The van der Waals surface area contributed by atoms with E-state index < -0.39 is 0 Å². The first-order chi connectivity index (χ1) is 31.5. The van der Waals surface area contributed by atoms with Crippen LogP contribution in [0.2, 0.25) is 0 Å². The second-order valence-electron chi connectivity index (χ2n) is 17.4. The number of nitrogens with zero attached hydrogens (tertiary/aromatic N) is 1. The van der Waals surface area contributed by atoms with Gasteiger partial charge >= 0.3 is 0 Å². The van der Waals surface area contributed by atoms with Gasteiger partial charge in [0.25, 0.3) is 0 Å². The highest BCUT2D eigenvalue weighted by Crippen LogP contribution is 2.52. The summed E-state index contributed by atoms with van der Waals surface area (Å²) in [5, 5.41) is 0. The number of rotatable bonds is 9. The van der Waals surface area contributed by atoms with Crippen LogP contribution in [0.3, 0.4) is 0 Å². The normalized spacial score (nSPS) is 12.3. The number of anilines is 3. The van der Waals surface area contributed by atoms with Crippen LogP contribution < -0.4 is 4.90 Å². The van der Waals surface area contributed by atoms with Crippen molar-refractivity contribution in [1.29, 1.82) is 0 Å². The summed E-state index contributed by atoms with van der Waals surface area (Å²) in [6.45, 7) is 4.76. The molecule has 0 amide bonds. The first-order valence-corrected chi connectivity index (χ1v) is 22.2. The van der Waals surface area contributed by atoms with Gasteiger partial charge in [-0.3, -0.25) is 0 Å². The fourth-order valence-corrected chi connectivity index (χ4v) is 9.58. The average molecular weight is 818 g/mol. The number of hydrogen-bond acceptors (Lipinski definition) is 1. The molecule has 0 saturated heterocycles. The van der Waals surface area contributed by atoms with E-state index in [1.165, 1.54) is 89.0 Å². The number of fused-ring (bicyclic) bond motifs is 3. The van der Waals surface area contributed by atoms with Crippen molar-refractivity contribution < 1.29 is 0 Å². The molecule has 0 bridgehead atoms. The summed E-state index contributed by atoms with van der Waals surface area (Å²) in [6, 6.07) is 90.7. The number of benzene rings is 10. The van der Waals surface area contributed by atoms with Crippen LogP contribution >= 0.6 is 0 Å². The Labute approximate surface area is 377 Å². The molecule has 0 atom stereocenters. The van der Waals surface area contributed by atoms with E-state index in [9.17, 15) is 0 Å². The maximum absolute atomic E-state index is 2.43. The summed E-state index contributed by atoms with van der Waals surface area (Å²) in [6.07, 6.45) is 0. The molecule has 0 fully saturated rings. The molecule has 0 aromatic heterocycles. The van der Waals surface area contributed by atoms with Crippen LogP contribution in [0.25, 0.3) is 77.9 Å². The lowest BCUT2D eigenvalue weighted by Crippen LogP contribution is -2.16. The first kappa shape index (κ1) is 38.9. The molecule has 11 rings (SSSR count). The van der Waals surface area contributed by atoms with E-state index in [4.69, 9.17) is 0 Å². The highest BCUT2D eigenvalue weighted by Gasteiger charge is 2.36. The third-order valence-electron chi connectivity index (χ3n) is 13.1. The van der Waals surface area contributed by atoms with Crippen molar-refractivity contribution in [2.45, 2.75) is 19.3 Å². The van der Waals surface area contributed by atoms with Crippen LogP contribution in [-0.2, 0) is 5.41 Å². The largest absolute Gasteiger partial charge is 0.310 e. The topological polar surface area (TPSA) is 3.24 Å². The zero-order valence-corrected chi connectivity index (χ0v) is 36.1. The molecule has 1 aliphatic carbocycles. The Hall–Kier alpha value is -8.00. The van der Waals surface area contributed by atoms with Gasteiger partial charge in [0.2, 0.25) is 0 Å². The van der Waals surface area contributed by atoms with Crippen LogP contribution in [-0.4, -0.2) is 0 Å². The fourth-order valence-electron chi connectivity index (χ4n) is 9.58.